The predicted octanol–water partition coefficient (Wildman–Crippen LogP) is 4.93. The minimum absolute atomic E-state index is 0.0327. The second kappa shape index (κ2) is 10.7. The van der Waals surface area contributed by atoms with Crippen LogP contribution in [0.3, 0.4) is 0 Å². The van der Waals surface area contributed by atoms with Crippen molar-refractivity contribution < 1.29 is 19.4 Å². The first kappa shape index (κ1) is 21.0. The fraction of sp³-hybridized carbons (Fsp3) is 0.458. The molecule has 1 atom stereocenters. The molecule has 2 aromatic rings. The molecule has 0 aliphatic carbocycles. The van der Waals surface area contributed by atoms with Gasteiger partial charge in [-0.1, -0.05) is 56.5 Å². The van der Waals surface area contributed by atoms with Crippen molar-refractivity contribution in [1.29, 1.82) is 0 Å². The molecule has 0 amide bonds. The molecule has 0 saturated carbocycles. The van der Waals surface area contributed by atoms with Gasteiger partial charge in [-0.15, -0.1) is 0 Å². The number of hydrogen-bond donors (Lipinski definition) is 1. The van der Waals surface area contributed by atoms with Crippen LogP contribution in [0.2, 0.25) is 0 Å². The van der Waals surface area contributed by atoms with Gasteiger partial charge in [0.05, 0.1) is 25.3 Å². The van der Waals surface area contributed by atoms with Crippen LogP contribution in [0, 0.1) is 0 Å². The Morgan fingerprint density at radius 2 is 1.93 bits per heavy atom. The minimum Gasteiger partial charge on any atom is -0.493 e. The molecule has 5 nitrogen and oxygen atoms in total. The molecule has 0 fully saturated rings. The first-order chi connectivity index (χ1) is 14.2. The predicted molar refractivity (Wildman–Crippen MR) is 115 cm³/mol. The van der Waals surface area contributed by atoms with E-state index in [1.165, 1.54) is 31.4 Å². The summed E-state index contributed by atoms with van der Waals surface area (Å²) in [5.74, 6) is 0.722. The van der Waals surface area contributed by atoms with Crippen molar-refractivity contribution >= 4 is 11.7 Å². The molecule has 0 saturated heterocycles. The van der Waals surface area contributed by atoms with Gasteiger partial charge in [0.2, 0.25) is 0 Å². The minimum atomic E-state index is -0.855. The van der Waals surface area contributed by atoms with E-state index in [-0.39, 0.29) is 12.5 Å². The summed E-state index contributed by atoms with van der Waals surface area (Å²) in [5, 5.41) is 9.07. The average Bonchev–Trinajstić information content (AvgIpc) is 2.72. The summed E-state index contributed by atoms with van der Waals surface area (Å²) < 4.78 is 12.1. The monoisotopic (exact) mass is 397 g/mol. The maximum Gasteiger partial charge on any atom is 0.307 e. The molecular weight excluding hydrogens is 366 g/mol. The Labute approximate surface area is 173 Å². The van der Waals surface area contributed by atoms with E-state index >= 15 is 0 Å². The Kier molecular flexibility index (Phi) is 7.79. The standard InChI is InChI=1S/C24H31NO4/c1-2-3-4-9-15-25-18-20(29-23-13-8-6-11-21(23)25)14-16-28-22-12-7-5-10-19(22)17-24(26)27/h5-8,10-13,20H,2-4,9,14-18H2,1H3,(H,26,27). The number of carboxylic acids is 1. The molecule has 2 aromatic carbocycles. The third-order valence-electron chi connectivity index (χ3n) is 5.22. The highest BCUT2D eigenvalue weighted by Crippen LogP contribution is 2.34. The van der Waals surface area contributed by atoms with Crippen LogP contribution in [-0.4, -0.2) is 36.9 Å². The first-order valence-electron chi connectivity index (χ1n) is 10.6. The zero-order valence-corrected chi connectivity index (χ0v) is 17.2. The van der Waals surface area contributed by atoms with E-state index in [9.17, 15) is 4.79 Å². The Hall–Kier alpha value is -2.69. The van der Waals surface area contributed by atoms with Gasteiger partial charge in [-0.05, 0) is 24.6 Å². The van der Waals surface area contributed by atoms with Crippen molar-refractivity contribution in [2.24, 2.45) is 0 Å². The number of rotatable bonds is 11. The van der Waals surface area contributed by atoms with Crippen molar-refractivity contribution in [1.82, 2.24) is 0 Å². The summed E-state index contributed by atoms with van der Waals surface area (Å²) in [6, 6.07) is 15.6. The van der Waals surface area contributed by atoms with E-state index in [0.29, 0.717) is 17.9 Å². The van der Waals surface area contributed by atoms with Crippen LogP contribution in [0.1, 0.15) is 44.6 Å². The van der Waals surface area contributed by atoms with Crippen LogP contribution in [-0.2, 0) is 11.2 Å². The van der Waals surface area contributed by atoms with Crippen molar-refractivity contribution in [2.75, 3.05) is 24.6 Å². The van der Waals surface area contributed by atoms with Crippen LogP contribution in [0.5, 0.6) is 11.5 Å². The number of carboxylic acid groups (broad SMARTS) is 1. The normalized spacial score (nSPS) is 15.5. The lowest BCUT2D eigenvalue weighted by molar-refractivity contribution is -0.136. The lowest BCUT2D eigenvalue weighted by Gasteiger charge is -2.36. The van der Waals surface area contributed by atoms with E-state index in [1.54, 1.807) is 6.07 Å². The van der Waals surface area contributed by atoms with Crippen molar-refractivity contribution in [3.63, 3.8) is 0 Å². The second-order valence-electron chi connectivity index (χ2n) is 7.53. The maximum absolute atomic E-state index is 11.0. The van der Waals surface area contributed by atoms with Gasteiger partial charge in [0, 0.05) is 18.5 Å². The van der Waals surface area contributed by atoms with Crippen molar-refractivity contribution in [3.8, 4) is 11.5 Å². The molecule has 0 bridgehead atoms. The van der Waals surface area contributed by atoms with E-state index in [4.69, 9.17) is 14.6 Å². The fourth-order valence-electron chi connectivity index (χ4n) is 3.72. The highest BCUT2D eigenvalue weighted by Gasteiger charge is 2.25. The average molecular weight is 398 g/mol. The molecule has 0 radical (unpaired) electrons. The largest absolute Gasteiger partial charge is 0.493 e. The molecule has 29 heavy (non-hydrogen) atoms. The number of hydrogen-bond acceptors (Lipinski definition) is 4. The fourth-order valence-corrected chi connectivity index (χ4v) is 3.72. The third kappa shape index (κ3) is 6.14. The van der Waals surface area contributed by atoms with E-state index in [1.807, 2.05) is 30.3 Å². The smallest absolute Gasteiger partial charge is 0.307 e. The van der Waals surface area contributed by atoms with E-state index in [2.05, 4.69) is 24.0 Å². The molecule has 1 N–H and O–H groups in total. The number of fused-ring (bicyclic) bond motifs is 1. The second-order valence-corrected chi connectivity index (χ2v) is 7.53. The number of unbranched alkanes of at least 4 members (excludes halogenated alkanes) is 3. The number of nitrogens with zero attached hydrogens (tertiary/aromatic N) is 1. The number of benzene rings is 2. The van der Waals surface area contributed by atoms with Gasteiger partial charge in [0.1, 0.15) is 17.6 Å². The topological polar surface area (TPSA) is 59.0 Å². The van der Waals surface area contributed by atoms with Gasteiger partial charge >= 0.3 is 5.97 Å². The van der Waals surface area contributed by atoms with Gasteiger partial charge in [-0.3, -0.25) is 4.79 Å². The van der Waals surface area contributed by atoms with E-state index in [0.717, 1.165) is 25.3 Å². The quantitative estimate of drug-likeness (QED) is 0.545. The zero-order chi connectivity index (χ0) is 20.5. The Bertz CT molecular complexity index is 792. The summed E-state index contributed by atoms with van der Waals surface area (Å²) in [4.78, 5) is 13.5. The third-order valence-corrected chi connectivity index (χ3v) is 5.22. The summed E-state index contributed by atoms with van der Waals surface area (Å²) in [6.45, 7) is 4.62. The van der Waals surface area contributed by atoms with Gasteiger partial charge in [-0.25, -0.2) is 0 Å². The summed E-state index contributed by atoms with van der Waals surface area (Å²) in [5.41, 5.74) is 1.88. The Morgan fingerprint density at radius 1 is 1.14 bits per heavy atom. The summed E-state index contributed by atoms with van der Waals surface area (Å²) in [7, 11) is 0. The van der Waals surface area contributed by atoms with Crippen molar-refractivity contribution in [2.45, 2.75) is 51.6 Å². The zero-order valence-electron chi connectivity index (χ0n) is 17.2. The number of aliphatic carboxylic acids is 1. The molecule has 1 unspecified atom stereocenters. The van der Waals surface area contributed by atoms with Gasteiger partial charge < -0.3 is 19.5 Å². The molecule has 5 heteroatoms. The number of carbonyl (C=O) groups is 1. The molecule has 1 aliphatic rings. The van der Waals surface area contributed by atoms with Crippen LogP contribution in [0.15, 0.2) is 48.5 Å². The van der Waals surface area contributed by atoms with E-state index < -0.39 is 5.97 Å². The lowest BCUT2D eigenvalue weighted by Crippen LogP contribution is -2.41. The maximum atomic E-state index is 11.0. The molecule has 1 heterocycles. The molecule has 3 rings (SSSR count). The molecule has 0 aromatic heterocycles. The number of ether oxygens (including phenoxy) is 2. The van der Waals surface area contributed by atoms with Crippen LogP contribution >= 0.6 is 0 Å². The SMILES string of the molecule is CCCCCCN1CC(CCOc2ccccc2CC(=O)O)Oc2ccccc21. The highest BCUT2D eigenvalue weighted by molar-refractivity contribution is 5.71. The van der Waals surface area contributed by atoms with Gasteiger partial charge in [0.15, 0.2) is 0 Å². The Morgan fingerprint density at radius 3 is 2.76 bits per heavy atom. The number of para-hydroxylation sites is 3. The summed E-state index contributed by atoms with van der Waals surface area (Å²) in [6.07, 6.45) is 5.74. The molecule has 0 spiro atoms. The van der Waals surface area contributed by atoms with Crippen LogP contribution in [0.4, 0.5) is 5.69 Å². The molecule has 156 valence electrons. The Balaban J connectivity index is 1.57. The van der Waals surface area contributed by atoms with Crippen LogP contribution in [0.25, 0.3) is 0 Å². The molecular formula is C24H31NO4. The van der Waals surface area contributed by atoms with Gasteiger partial charge in [-0.2, -0.15) is 0 Å². The first-order valence-corrected chi connectivity index (χ1v) is 10.6. The lowest BCUT2D eigenvalue weighted by atomic mass is 10.1. The molecule has 1 aliphatic heterocycles. The number of anilines is 1. The van der Waals surface area contributed by atoms with Gasteiger partial charge in [0.25, 0.3) is 0 Å². The van der Waals surface area contributed by atoms with Crippen LogP contribution < -0.4 is 14.4 Å². The van der Waals surface area contributed by atoms with Crippen molar-refractivity contribution in [3.05, 3.63) is 54.1 Å². The summed E-state index contributed by atoms with van der Waals surface area (Å²) >= 11 is 0. The highest BCUT2D eigenvalue weighted by atomic mass is 16.5.